The van der Waals surface area contributed by atoms with E-state index in [4.69, 9.17) is 9.15 Å². The maximum Gasteiger partial charge on any atom is 0.228 e. The van der Waals surface area contributed by atoms with Crippen molar-refractivity contribution in [2.24, 2.45) is 0 Å². The van der Waals surface area contributed by atoms with Crippen LogP contribution in [0, 0.1) is 5.82 Å². The van der Waals surface area contributed by atoms with Gasteiger partial charge in [0.05, 0.1) is 7.11 Å². The number of rotatable bonds is 3. The summed E-state index contributed by atoms with van der Waals surface area (Å²) in [5, 5.41) is 0.838. The smallest absolute Gasteiger partial charge is 0.228 e. The zero-order valence-electron chi connectivity index (χ0n) is 10.7. The first kappa shape index (κ1) is 12.4. The van der Waals surface area contributed by atoms with Crippen LogP contribution in [0.1, 0.15) is 16.1 Å². The first-order valence-electron chi connectivity index (χ1n) is 6.06. The molecule has 3 aromatic rings. The van der Waals surface area contributed by atoms with E-state index in [1.54, 1.807) is 12.1 Å². The Kier molecular flexibility index (Phi) is 2.99. The molecule has 0 aliphatic rings. The van der Waals surface area contributed by atoms with Gasteiger partial charge >= 0.3 is 0 Å². The number of hydrogen-bond acceptors (Lipinski definition) is 3. The molecule has 0 bridgehead atoms. The van der Waals surface area contributed by atoms with E-state index >= 15 is 0 Å². The van der Waals surface area contributed by atoms with E-state index < -0.39 is 5.82 Å². The number of ketones is 1. The molecule has 0 spiro atoms. The van der Waals surface area contributed by atoms with Gasteiger partial charge in [0.1, 0.15) is 5.58 Å². The lowest BCUT2D eigenvalue weighted by Crippen LogP contribution is -2.01. The summed E-state index contributed by atoms with van der Waals surface area (Å²) in [7, 11) is 1.37. The molecule has 0 fully saturated rings. The molecule has 0 saturated heterocycles. The SMILES string of the molecule is COc1ccc(C(=O)c2cc3ccccc3o2)cc1F. The van der Waals surface area contributed by atoms with Gasteiger partial charge in [-0.1, -0.05) is 18.2 Å². The van der Waals surface area contributed by atoms with E-state index in [9.17, 15) is 9.18 Å². The molecule has 3 nitrogen and oxygen atoms in total. The summed E-state index contributed by atoms with van der Waals surface area (Å²) in [4.78, 5) is 12.3. The second-order valence-corrected chi connectivity index (χ2v) is 4.33. The predicted molar refractivity (Wildman–Crippen MR) is 72.6 cm³/mol. The second kappa shape index (κ2) is 4.81. The molecule has 100 valence electrons. The second-order valence-electron chi connectivity index (χ2n) is 4.33. The van der Waals surface area contributed by atoms with E-state index in [1.165, 1.54) is 19.2 Å². The minimum Gasteiger partial charge on any atom is -0.494 e. The number of benzene rings is 2. The van der Waals surface area contributed by atoms with Crippen molar-refractivity contribution in [1.29, 1.82) is 0 Å². The summed E-state index contributed by atoms with van der Waals surface area (Å²) in [6.45, 7) is 0. The van der Waals surface area contributed by atoms with Gasteiger partial charge in [0.25, 0.3) is 0 Å². The van der Waals surface area contributed by atoms with Gasteiger partial charge in [0.15, 0.2) is 17.3 Å². The minimum atomic E-state index is -0.575. The summed E-state index contributed by atoms with van der Waals surface area (Å²) >= 11 is 0. The molecule has 1 aromatic heterocycles. The number of methoxy groups -OCH3 is 1. The molecule has 0 aliphatic carbocycles. The van der Waals surface area contributed by atoms with Crippen LogP contribution in [0.2, 0.25) is 0 Å². The van der Waals surface area contributed by atoms with Crippen LogP contribution in [-0.4, -0.2) is 12.9 Å². The molecule has 2 aromatic carbocycles. The largest absolute Gasteiger partial charge is 0.494 e. The number of carbonyl (C=O) groups excluding carboxylic acids is 1. The predicted octanol–water partition coefficient (Wildman–Crippen LogP) is 3.81. The number of para-hydroxylation sites is 1. The van der Waals surface area contributed by atoms with E-state index in [2.05, 4.69) is 0 Å². The Bertz CT molecular complexity index is 756. The van der Waals surface area contributed by atoms with E-state index in [0.29, 0.717) is 5.58 Å². The normalized spacial score (nSPS) is 10.7. The fourth-order valence-electron chi connectivity index (χ4n) is 2.04. The van der Waals surface area contributed by atoms with Crippen molar-refractivity contribution in [3.8, 4) is 5.75 Å². The van der Waals surface area contributed by atoms with Crippen LogP contribution in [0.4, 0.5) is 4.39 Å². The van der Waals surface area contributed by atoms with Crippen molar-refractivity contribution < 1.29 is 18.3 Å². The molecule has 0 amide bonds. The standard InChI is InChI=1S/C16H11FO3/c1-19-14-7-6-11(8-12(14)17)16(18)15-9-10-4-2-3-5-13(10)20-15/h2-9H,1H3. The minimum absolute atomic E-state index is 0.103. The molecule has 0 atom stereocenters. The number of fused-ring (bicyclic) bond motifs is 1. The third kappa shape index (κ3) is 2.05. The maximum absolute atomic E-state index is 13.6. The highest BCUT2D eigenvalue weighted by atomic mass is 19.1. The summed E-state index contributed by atoms with van der Waals surface area (Å²) in [5.41, 5.74) is 0.854. The molecule has 0 unspecified atom stereocenters. The zero-order valence-corrected chi connectivity index (χ0v) is 10.7. The number of hydrogen-bond donors (Lipinski definition) is 0. The Labute approximate surface area is 114 Å². The van der Waals surface area contributed by atoms with Gasteiger partial charge in [-0.25, -0.2) is 4.39 Å². The molecule has 3 rings (SSSR count). The molecular formula is C16H11FO3. The van der Waals surface area contributed by atoms with E-state index in [-0.39, 0.29) is 22.9 Å². The van der Waals surface area contributed by atoms with Crippen molar-refractivity contribution >= 4 is 16.8 Å². The van der Waals surface area contributed by atoms with Gasteiger partial charge in [0, 0.05) is 10.9 Å². The lowest BCUT2D eigenvalue weighted by molar-refractivity contribution is 0.101. The van der Waals surface area contributed by atoms with Crippen molar-refractivity contribution in [2.75, 3.05) is 7.11 Å². The van der Waals surface area contributed by atoms with Crippen LogP contribution < -0.4 is 4.74 Å². The van der Waals surface area contributed by atoms with Gasteiger partial charge in [-0.2, -0.15) is 0 Å². The van der Waals surface area contributed by atoms with Gasteiger partial charge in [-0.15, -0.1) is 0 Å². The van der Waals surface area contributed by atoms with Crippen molar-refractivity contribution in [3.05, 3.63) is 65.7 Å². The first-order chi connectivity index (χ1) is 9.69. The molecular weight excluding hydrogens is 259 g/mol. The molecule has 0 saturated carbocycles. The van der Waals surface area contributed by atoms with Crippen LogP contribution in [0.5, 0.6) is 5.75 Å². The lowest BCUT2D eigenvalue weighted by atomic mass is 10.1. The van der Waals surface area contributed by atoms with E-state index in [1.807, 2.05) is 18.2 Å². The fraction of sp³-hybridized carbons (Fsp3) is 0.0625. The molecule has 0 radical (unpaired) electrons. The van der Waals surface area contributed by atoms with Gasteiger partial charge in [-0.3, -0.25) is 4.79 Å². The highest BCUT2D eigenvalue weighted by Crippen LogP contribution is 2.23. The number of ether oxygens (including phenoxy) is 1. The third-order valence-electron chi connectivity index (χ3n) is 3.06. The third-order valence-corrected chi connectivity index (χ3v) is 3.06. The number of carbonyl (C=O) groups is 1. The Morgan fingerprint density at radius 3 is 2.65 bits per heavy atom. The summed E-state index contributed by atoms with van der Waals surface area (Å²) < 4.78 is 23.9. The summed E-state index contributed by atoms with van der Waals surface area (Å²) in [6.07, 6.45) is 0. The van der Waals surface area contributed by atoms with Crippen LogP contribution >= 0.6 is 0 Å². The Morgan fingerprint density at radius 1 is 1.15 bits per heavy atom. The lowest BCUT2D eigenvalue weighted by Gasteiger charge is -2.03. The maximum atomic E-state index is 13.6. The number of furan rings is 1. The average Bonchev–Trinajstić information content (AvgIpc) is 2.90. The van der Waals surface area contributed by atoms with Crippen LogP contribution in [0.15, 0.2) is 52.9 Å². The Balaban J connectivity index is 2.01. The quantitative estimate of drug-likeness (QED) is 0.679. The van der Waals surface area contributed by atoms with Gasteiger partial charge in [-0.05, 0) is 30.3 Å². The van der Waals surface area contributed by atoms with Crippen molar-refractivity contribution in [2.45, 2.75) is 0 Å². The molecule has 0 N–H and O–H groups in total. The molecule has 1 heterocycles. The van der Waals surface area contributed by atoms with Crippen molar-refractivity contribution in [1.82, 2.24) is 0 Å². The molecule has 4 heteroatoms. The topological polar surface area (TPSA) is 39.4 Å². The Hall–Kier alpha value is -2.62. The van der Waals surface area contributed by atoms with Gasteiger partial charge in [0.2, 0.25) is 5.78 Å². The van der Waals surface area contributed by atoms with Crippen LogP contribution in [0.25, 0.3) is 11.0 Å². The number of halogens is 1. The average molecular weight is 270 g/mol. The van der Waals surface area contributed by atoms with Gasteiger partial charge < -0.3 is 9.15 Å². The summed E-state index contributed by atoms with van der Waals surface area (Å²) in [6, 6.07) is 13.0. The van der Waals surface area contributed by atoms with Crippen LogP contribution in [0.3, 0.4) is 0 Å². The zero-order chi connectivity index (χ0) is 14.1. The summed E-state index contributed by atoms with van der Waals surface area (Å²) in [5.74, 6) is -0.640. The van der Waals surface area contributed by atoms with Crippen molar-refractivity contribution in [3.63, 3.8) is 0 Å². The Morgan fingerprint density at radius 2 is 1.95 bits per heavy atom. The molecule has 20 heavy (non-hydrogen) atoms. The first-order valence-corrected chi connectivity index (χ1v) is 6.06. The highest BCUT2D eigenvalue weighted by Gasteiger charge is 2.16. The highest BCUT2D eigenvalue weighted by molar-refractivity contribution is 6.09. The van der Waals surface area contributed by atoms with Crippen LogP contribution in [-0.2, 0) is 0 Å². The fourth-order valence-corrected chi connectivity index (χ4v) is 2.04. The van der Waals surface area contributed by atoms with E-state index in [0.717, 1.165) is 11.5 Å². The molecule has 0 aliphatic heterocycles. The monoisotopic (exact) mass is 270 g/mol.